The number of likely N-dealkylation sites (tertiary alicyclic amines) is 1. The lowest BCUT2D eigenvalue weighted by Gasteiger charge is -2.25. The molecule has 10 heteroatoms. The van der Waals surface area contributed by atoms with Crippen molar-refractivity contribution in [2.75, 3.05) is 52.8 Å². The highest BCUT2D eigenvalue weighted by atomic mass is 32.2. The van der Waals surface area contributed by atoms with Crippen LogP contribution in [0.4, 0.5) is 5.69 Å². The Kier molecular flexibility index (Phi) is 7.30. The van der Waals surface area contributed by atoms with Gasteiger partial charge in [0.25, 0.3) is 0 Å². The van der Waals surface area contributed by atoms with Crippen LogP contribution in [0.15, 0.2) is 41.3 Å². The molecule has 2 aliphatic heterocycles. The van der Waals surface area contributed by atoms with E-state index in [-0.39, 0.29) is 23.4 Å². The summed E-state index contributed by atoms with van der Waals surface area (Å²) in [6, 6.07) is 10.5. The summed E-state index contributed by atoms with van der Waals surface area (Å²) < 4.78 is 43.1. The number of amides is 1. The zero-order valence-electron chi connectivity index (χ0n) is 19.7. The van der Waals surface area contributed by atoms with E-state index < -0.39 is 10.0 Å². The maximum absolute atomic E-state index is 13.0. The van der Waals surface area contributed by atoms with Crippen LogP contribution in [0.1, 0.15) is 30.9 Å². The van der Waals surface area contributed by atoms with Gasteiger partial charge in [0.1, 0.15) is 5.75 Å². The third-order valence-corrected chi connectivity index (χ3v) is 7.90. The van der Waals surface area contributed by atoms with Crippen molar-refractivity contribution in [1.82, 2.24) is 9.21 Å². The Morgan fingerprint density at radius 3 is 2.62 bits per heavy atom. The fourth-order valence-electron chi connectivity index (χ4n) is 4.31. The fraction of sp³-hybridized carbons (Fsp3) is 0.458. The number of nitrogens with zero attached hydrogens (tertiary/aromatic N) is 2. The van der Waals surface area contributed by atoms with Crippen molar-refractivity contribution >= 4 is 21.6 Å². The number of hydrogen-bond acceptors (Lipinski definition) is 7. The number of ether oxygens (including phenoxy) is 3. The lowest BCUT2D eigenvalue weighted by molar-refractivity contribution is -0.117. The number of fused-ring (bicyclic) bond motifs is 1. The largest absolute Gasteiger partial charge is 0.495 e. The van der Waals surface area contributed by atoms with Gasteiger partial charge in [0, 0.05) is 26.6 Å². The number of carbonyl (C=O) groups excluding carboxylic acids is 1. The summed E-state index contributed by atoms with van der Waals surface area (Å²) in [6.45, 7) is 2.23. The molecule has 34 heavy (non-hydrogen) atoms. The van der Waals surface area contributed by atoms with Crippen LogP contribution >= 0.6 is 0 Å². The van der Waals surface area contributed by atoms with Crippen LogP contribution in [0.3, 0.4) is 0 Å². The number of anilines is 1. The molecule has 2 heterocycles. The van der Waals surface area contributed by atoms with Gasteiger partial charge in [-0.3, -0.25) is 9.69 Å². The molecule has 184 valence electrons. The van der Waals surface area contributed by atoms with E-state index in [1.165, 1.54) is 33.3 Å². The van der Waals surface area contributed by atoms with Gasteiger partial charge >= 0.3 is 0 Å². The Morgan fingerprint density at radius 1 is 1.12 bits per heavy atom. The van der Waals surface area contributed by atoms with Crippen molar-refractivity contribution in [3.8, 4) is 17.2 Å². The first-order valence-corrected chi connectivity index (χ1v) is 12.8. The number of hydrogen-bond donors (Lipinski definition) is 1. The van der Waals surface area contributed by atoms with E-state index in [4.69, 9.17) is 14.2 Å². The molecule has 1 fully saturated rings. The molecule has 0 radical (unpaired) electrons. The van der Waals surface area contributed by atoms with Crippen LogP contribution in [0, 0.1) is 0 Å². The smallest absolute Gasteiger partial charge is 0.242 e. The average Bonchev–Trinajstić information content (AvgIpc) is 3.13. The van der Waals surface area contributed by atoms with Gasteiger partial charge < -0.3 is 19.5 Å². The molecule has 0 saturated carbocycles. The maximum Gasteiger partial charge on any atom is 0.242 e. The molecule has 0 aromatic heterocycles. The van der Waals surface area contributed by atoms with Crippen molar-refractivity contribution in [2.45, 2.75) is 30.2 Å². The third kappa shape index (κ3) is 5.13. The van der Waals surface area contributed by atoms with Crippen LogP contribution in [0.5, 0.6) is 17.2 Å². The number of sulfonamides is 1. The number of nitrogens with one attached hydrogen (secondary N) is 1. The number of rotatable bonds is 7. The summed E-state index contributed by atoms with van der Waals surface area (Å²) in [7, 11) is 0.761. The van der Waals surface area contributed by atoms with Crippen molar-refractivity contribution in [2.24, 2.45) is 0 Å². The first-order chi connectivity index (χ1) is 16.3. The topological polar surface area (TPSA) is 97.4 Å². The lowest BCUT2D eigenvalue weighted by Crippen LogP contribution is -2.33. The molecule has 0 spiro atoms. The molecule has 1 unspecified atom stereocenters. The summed E-state index contributed by atoms with van der Waals surface area (Å²) >= 11 is 0. The zero-order valence-corrected chi connectivity index (χ0v) is 20.6. The Morgan fingerprint density at radius 2 is 1.88 bits per heavy atom. The molecule has 2 aromatic carbocycles. The minimum absolute atomic E-state index is 0.0832. The molecule has 2 aliphatic rings. The standard InChI is InChI=1S/C24H31N3O6S/c1-26(2)34(29,30)18-8-10-21(31-3)19(15-18)25-24(28)16-27-11-4-6-20(27)17-7-9-22-23(14-17)33-13-5-12-32-22/h7-10,14-15,20H,4-6,11-13,16H2,1-3H3,(H,25,28). The van der Waals surface area contributed by atoms with Gasteiger partial charge in [0.05, 0.1) is 37.5 Å². The van der Waals surface area contributed by atoms with E-state index in [1.807, 2.05) is 18.2 Å². The summed E-state index contributed by atoms with van der Waals surface area (Å²) in [5.74, 6) is 1.66. The van der Waals surface area contributed by atoms with Crippen LogP contribution < -0.4 is 19.5 Å². The van der Waals surface area contributed by atoms with Gasteiger partial charge in [-0.25, -0.2) is 12.7 Å². The minimum atomic E-state index is -3.64. The quantitative estimate of drug-likeness (QED) is 0.639. The monoisotopic (exact) mass is 489 g/mol. The van der Waals surface area contributed by atoms with Crippen LogP contribution in [-0.2, 0) is 14.8 Å². The molecule has 1 saturated heterocycles. The Labute approximate surface area is 200 Å². The Balaban J connectivity index is 1.49. The van der Waals surface area contributed by atoms with Crippen molar-refractivity contribution in [1.29, 1.82) is 0 Å². The molecule has 1 atom stereocenters. The first-order valence-electron chi connectivity index (χ1n) is 11.3. The molecule has 9 nitrogen and oxygen atoms in total. The summed E-state index contributed by atoms with van der Waals surface area (Å²) in [5.41, 5.74) is 1.41. The Hall–Kier alpha value is -2.82. The first kappa shape index (κ1) is 24.3. The van der Waals surface area contributed by atoms with E-state index in [0.29, 0.717) is 24.7 Å². The third-order valence-electron chi connectivity index (χ3n) is 6.09. The second-order valence-corrected chi connectivity index (χ2v) is 10.7. The van der Waals surface area contributed by atoms with E-state index in [1.54, 1.807) is 6.07 Å². The average molecular weight is 490 g/mol. The summed E-state index contributed by atoms with van der Waals surface area (Å²) in [4.78, 5) is 15.2. The van der Waals surface area contributed by atoms with Gasteiger partial charge in [-0.05, 0) is 55.3 Å². The summed E-state index contributed by atoms with van der Waals surface area (Å²) in [5, 5.41) is 2.84. The normalized spacial score (nSPS) is 18.5. The van der Waals surface area contributed by atoms with Gasteiger partial charge in [0.15, 0.2) is 11.5 Å². The fourth-order valence-corrected chi connectivity index (χ4v) is 5.24. The zero-order chi connectivity index (χ0) is 24.3. The lowest BCUT2D eigenvalue weighted by atomic mass is 10.0. The number of methoxy groups -OCH3 is 1. The van der Waals surface area contributed by atoms with Gasteiger partial charge in [0.2, 0.25) is 15.9 Å². The van der Waals surface area contributed by atoms with E-state index in [0.717, 1.165) is 47.2 Å². The minimum Gasteiger partial charge on any atom is -0.495 e. The SMILES string of the molecule is COc1ccc(S(=O)(=O)N(C)C)cc1NC(=O)CN1CCCC1c1ccc2c(c1)OCCCO2. The predicted molar refractivity (Wildman–Crippen MR) is 128 cm³/mol. The molecule has 0 bridgehead atoms. The van der Waals surface area contributed by atoms with Gasteiger partial charge in [-0.15, -0.1) is 0 Å². The Bertz CT molecular complexity index is 1150. The van der Waals surface area contributed by atoms with Gasteiger partial charge in [-0.1, -0.05) is 6.07 Å². The van der Waals surface area contributed by atoms with Crippen molar-refractivity contribution < 1.29 is 27.4 Å². The number of benzene rings is 2. The molecule has 1 amide bonds. The summed E-state index contributed by atoms with van der Waals surface area (Å²) in [6.07, 6.45) is 2.76. The maximum atomic E-state index is 13.0. The molecule has 4 rings (SSSR count). The molecule has 1 N–H and O–H groups in total. The number of carbonyl (C=O) groups is 1. The highest BCUT2D eigenvalue weighted by molar-refractivity contribution is 7.89. The molecular formula is C24H31N3O6S. The van der Waals surface area contributed by atoms with E-state index in [2.05, 4.69) is 10.2 Å². The van der Waals surface area contributed by atoms with E-state index in [9.17, 15) is 13.2 Å². The van der Waals surface area contributed by atoms with Gasteiger partial charge in [-0.2, -0.15) is 0 Å². The van der Waals surface area contributed by atoms with E-state index >= 15 is 0 Å². The highest BCUT2D eigenvalue weighted by Crippen LogP contribution is 2.38. The second-order valence-electron chi connectivity index (χ2n) is 8.58. The van der Waals surface area contributed by atoms with Crippen LogP contribution in [0.2, 0.25) is 0 Å². The second kappa shape index (κ2) is 10.2. The molecule has 2 aromatic rings. The van der Waals surface area contributed by atoms with Crippen LogP contribution in [-0.4, -0.2) is 71.0 Å². The molecule has 0 aliphatic carbocycles. The van der Waals surface area contributed by atoms with Crippen molar-refractivity contribution in [3.05, 3.63) is 42.0 Å². The van der Waals surface area contributed by atoms with Crippen molar-refractivity contribution in [3.63, 3.8) is 0 Å². The highest BCUT2D eigenvalue weighted by Gasteiger charge is 2.29. The van der Waals surface area contributed by atoms with Crippen LogP contribution in [0.25, 0.3) is 0 Å². The molecular weight excluding hydrogens is 458 g/mol. The predicted octanol–water partition coefficient (Wildman–Crippen LogP) is 2.88.